The Morgan fingerprint density at radius 2 is 1.55 bits per heavy atom. The molecule has 0 bridgehead atoms. The second-order valence-electron chi connectivity index (χ2n) is 5.24. The molecule has 118 valence electrons. The van der Waals surface area contributed by atoms with Crippen LogP contribution in [0.15, 0.2) is 60.7 Å². The maximum Gasteiger partial charge on any atom is 0.168 e. The van der Waals surface area contributed by atoms with E-state index in [2.05, 4.69) is 21.2 Å². The molecule has 0 saturated heterocycles. The van der Waals surface area contributed by atoms with Gasteiger partial charge in [-0.25, -0.2) is 8.42 Å². The number of hydrogen-bond acceptors (Lipinski definition) is 3. The Morgan fingerprint density at radius 3 is 2.14 bits per heavy atom. The highest BCUT2D eigenvalue weighted by Gasteiger charge is 2.23. The second-order valence-corrected chi connectivity index (χ2v) is 9.14. The van der Waals surface area contributed by atoms with Gasteiger partial charge in [-0.1, -0.05) is 76.6 Å². The van der Waals surface area contributed by atoms with Crippen molar-refractivity contribution < 1.29 is 8.42 Å². The normalized spacial score (nSPS) is 14.5. The Kier molecular flexibility index (Phi) is 6.17. The van der Waals surface area contributed by atoms with Crippen molar-refractivity contribution in [3.05, 3.63) is 71.8 Å². The van der Waals surface area contributed by atoms with Gasteiger partial charge in [-0.3, -0.25) is 0 Å². The van der Waals surface area contributed by atoms with Crippen LogP contribution in [0, 0.1) is 0 Å². The van der Waals surface area contributed by atoms with Crippen LogP contribution in [0.3, 0.4) is 0 Å². The highest BCUT2D eigenvalue weighted by Crippen LogP contribution is 2.17. The van der Waals surface area contributed by atoms with E-state index in [1.54, 1.807) is 0 Å². The third-order valence-corrected chi connectivity index (χ3v) is 7.20. The molecule has 2 aromatic carbocycles. The molecule has 0 spiro atoms. The van der Waals surface area contributed by atoms with E-state index in [1.165, 1.54) is 0 Å². The topological polar surface area (TPSA) is 46.2 Å². The Labute approximate surface area is 140 Å². The summed E-state index contributed by atoms with van der Waals surface area (Å²) in [5, 5.41) is 3.26. The summed E-state index contributed by atoms with van der Waals surface area (Å²) in [4.78, 5) is 0. The number of alkyl halides is 1. The zero-order valence-corrected chi connectivity index (χ0v) is 14.8. The number of hydrogen-bond donors (Lipinski definition) is 1. The molecule has 2 rings (SSSR count). The average Bonchev–Trinajstić information content (AvgIpc) is 2.53. The fourth-order valence-corrected chi connectivity index (χ4v) is 3.92. The van der Waals surface area contributed by atoms with Gasteiger partial charge in [-0.15, -0.1) is 0 Å². The lowest BCUT2D eigenvalue weighted by Gasteiger charge is -2.17. The predicted molar refractivity (Wildman–Crippen MR) is 94.6 cm³/mol. The van der Waals surface area contributed by atoms with E-state index in [0.717, 1.165) is 11.1 Å². The van der Waals surface area contributed by atoms with Crippen LogP contribution in [-0.2, 0) is 15.6 Å². The molecule has 2 aromatic rings. The molecule has 0 saturated carbocycles. The van der Waals surface area contributed by atoms with Crippen molar-refractivity contribution in [3.63, 3.8) is 0 Å². The monoisotopic (exact) mass is 381 g/mol. The van der Waals surface area contributed by atoms with Crippen LogP contribution in [0.2, 0.25) is 0 Å². The smallest absolute Gasteiger partial charge is 0.168 e. The minimum absolute atomic E-state index is 0.0468. The highest BCUT2D eigenvalue weighted by atomic mass is 79.9. The van der Waals surface area contributed by atoms with E-state index in [-0.39, 0.29) is 11.8 Å². The molecule has 5 heteroatoms. The van der Waals surface area contributed by atoms with Gasteiger partial charge >= 0.3 is 0 Å². The molecular formula is C17H20BrNO2S. The van der Waals surface area contributed by atoms with Crippen LogP contribution in [-0.4, -0.2) is 19.1 Å². The van der Waals surface area contributed by atoms with E-state index < -0.39 is 14.0 Å². The third kappa shape index (κ3) is 4.93. The number of halogens is 1. The molecule has 1 unspecified atom stereocenters. The van der Waals surface area contributed by atoms with Crippen LogP contribution < -0.4 is 5.32 Å². The van der Waals surface area contributed by atoms with Gasteiger partial charge in [-0.2, -0.15) is 0 Å². The predicted octanol–water partition coefficient (Wildman–Crippen LogP) is 3.67. The molecule has 0 fully saturated rings. The molecule has 3 nitrogen and oxygen atoms in total. The zero-order chi connectivity index (χ0) is 16.0. The Hall–Kier alpha value is -1.17. The summed E-state index contributed by atoms with van der Waals surface area (Å²) in [6, 6.07) is 19.3. The van der Waals surface area contributed by atoms with Crippen LogP contribution in [0.5, 0.6) is 0 Å². The Bertz CT molecular complexity index is 674. The maximum absolute atomic E-state index is 12.4. The molecule has 1 N–H and O–H groups in total. The molecule has 0 radical (unpaired) electrons. The van der Waals surface area contributed by atoms with Crippen molar-refractivity contribution in [2.45, 2.75) is 22.9 Å². The average molecular weight is 382 g/mol. The molecular weight excluding hydrogens is 362 g/mol. The van der Waals surface area contributed by atoms with Crippen molar-refractivity contribution in [3.8, 4) is 0 Å². The minimum Gasteiger partial charge on any atom is -0.308 e. The molecule has 0 aromatic heterocycles. The molecule has 22 heavy (non-hydrogen) atoms. The van der Waals surface area contributed by atoms with E-state index in [9.17, 15) is 8.42 Å². The van der Waals surface area contributed by atoms with Crippen LogP contribution in [0.25, 0.3) is 0 Å². The molecule has 0 aliphatic rings. The van der Waals surface area contributed by atoms with E-state index in [4.69, 9.17) is 0 Å². The van der Waals surface area contributed by atoms with Crippen LogP contribution in [0.1, 0.15) is 24.1 Å². The number of benzene rings is 2. The van der Waals surface area contributed by atoms with E-state index in [1.807, 2.05) is 67.6 Å². The lowest BCUT2D eigenvalue weighted by molar-refractivity contribution is 0.566. The third-order valence-electron chi connectivity index (χ3n) is 3.48. The quantitative estimate of drug-likeness (QED) is 0.744. The summed E-state index contributed by atoms with van der Waals surface area (Å²) in [7, 11) is -3.24. The second kappa shape index (κ2) is 7.90. The van der Waals surface area contributed by atoms with Gasteiger partial charge in [0.15, 0.2) is 9.84 Å². The first kappa shape index (κ1) is 17.2. The van der Waals surface area contributed by atoms with Crippen molar-refractivity contribution >= 4 is 25.8 Å². The number of rotatable bonds is 7. The zero-order valence-electron chi connectivity index (χ0n) is 12.4. The Morgan fingerprint density at radius 1 is 1.00 bits per heavy atom. The first-order chi connectivity index (χ1) is 10.5. The summed E-state index contributed by atoms with van der Waals surface area (Å²) in [5.74, 6) is 0.0468. The minimum atomic E-state index is -3.24. The van der Waals surface area contributed by atoms with Crippen molar-refractivity contribution in [1.29, 1.82) is 0 Å². The number of sulfone groups is 1. The molecule has 0 aliphatic heterocycles. The van der Waals surface area contributed by atoms with Gasteiger partial charge in [0.1, 0.15) is 4.16 Å². The highest BCUT2D eigenvalue weighted by molar-refractivity contribution is 9.11. The van der Waals surface area contributed by atoms with E-state index in [0.29, 0.717) is 6.54 Å². The maximum atomic E-state index is 12.4. The largest absolute Gasteiger partial charge is 0.308 e. The Balaban J connectivity index is 1.92. The summed E-state index contributed by atoms with van der Waals surface area (Å²) in [6.07, 6.45) is 0. The standard InChI is InChI=1S/C17H20BrNO2S/c1-14(16-10-6-3-7-11-16)19-12-17(18)22(20,21)13-15-8-4-2-5-9-15/h2-11,14,17,19H,12-13H2,1H3/t14-,17?/m0/s1. The lowest BCUT2D eigenvalue weighted by Crippen LogP contribution is -2.31. The van der Waals surface area contributed by atoms with Crippen LogP contribution in [0.4, 0.5) is 0 Å². The van der Waals surface area contributed by atoms with Gasteiger partial charge in [-0.05, 0) is 18.1 Å². The fourth-order valence-electron chi connectivity index (χ4n) is 2.15. The molecule has 0 aliphatic carbocycles. The molecule has 2 atom stereocenters. The SMILES string of the molecule is C[C@H](NCC(Br)S(=O)(=O)Cc1ccccc1)c1ccccc1. The van der Waals surface area contributed by atoms with Crippen molar-refractivity contribution in [2.24, 2.45) is 0 Å². The first-order valence-corrected chi connectivity index (χ1v) is 9.80. The van der Waals surface area contributed by atoms with Gasteiger partial charge in [0.25, 0.3) is 0 Å². The summed E-state index contributed by atoms with van der Waals surface area (Å²) in [6.45, 7) is 2.39. The van der Waals surface area contributed by atoms with Gasteiger partial charge in [0, 0.05) is 12.6 Å². The number of nitrogens with one attached hydrogen (secondary N) is 1. The lowest BCUT2D eigenvalue weighted by atomic mass is 10.1. The molecule has 0 amide bonds. The van der Waals surface area contributed by atoms with E-state index >= 15 is 0 Å². The fraction of sp³-hybridized carbons (Fsp3) is 0.294. The molecule has 0 heterocycles. The van der Waals surface area contributed by atoms with Crippen LogP contribution >= 0.6 is 15.9 Å². The first-order valence-electron chi connectivity index (χ1n) is 7.17. The van der Waals surface area contributed by atoms with Crippen molar-refractivity contribution in [1.82, 2.24) is 5.32 Å². The summed E-state index contributed by atoms with van der Waals surface area (Å²) in [5.41, 5.74) is 1.95. The van der Waals surface area contributed by atoms with Gasteiger partial charge in [0.2, 0.25) is 0 Å². The summed E-state index contributed by atoms with van der Waals surface area (Å²) < 4.78 is 24.1. The summed E-state index contributed by atoms with van der Waals surface area (Å²) >= 11 is 3.31. The van der Waals surface area contributed by atoms with Gasteiger partial charge < -0.3 is 5.32 Å². The van der Waals surface area contributed by atoms with Gasteiger partial charge in [0.05, 0.1) is 5.75 Å². The van der Waals surface area contributed by atoms with Crippen molar-refractivity contribution in [2.75, 3.05) is 6.54 Å².